The number of halogens is 2. The van der Waals surface area contributed by atoms with Gasteiger partial charge in [-0.1, -0.05) is 23.2 Å². The van der Waals surface area contributed by atoms with Crippen LogP contribution in [0.2, 0.25) is 10.2 Å². The highest BCUT2D eigenvalue weighted by molar-refractivity contribution is 7.14. The van der Waals surface area contributed by atoms with E-state index in [-0.39, 0.29) is 0 Å². The number of hydrogen-bond acceptors (Lipinski definition) is 3. The molecular weight excluding hydrogens is 263 g/mol. The van der Waals surface area contributed by atoms with E-state index in [1.54, 1.807) is 17.4 Å². The summed E-state index contributed by atoms with van der Waals surface area (Å²) in [4.78, 5) is 9.75. The number of thiophene rings is 1. The summed E-state index contributed by atoms with van der Waals surface area (Å²) in [6.45, 7) is 0. The van der Waals surface area contributed by atoms with Crippen molar-refractivity contribution in [2.45, 2.75) is 18.8 Å². The van der Waals surface area contributed by atoms with Crippen LogP contribution in [0.5, 0.6) is 0 Å². The Bertz CT molecular complexity index is 535. The van der Waals surface area contributed by atoms with Gasteiger partial charge in [-0.3, -0.25) is 0 Å². The van der Waals surface area contributed by atoms with E-state index in [1.165, 1.54) is 0 Å². The summed E-state index contributed by atoms with van der Waals surface area (Å²) in [5, 5.41) is 3.17. The quantitative estimate of drug-likeness (QED) is 0.757. The Morgan fingerprint density at radius 2 is 2.06 bits per heavy atom. The zero-order valence-electron chi connectivity index (χ0n) is 8.28. The monoisotopic (exact) mass is 270 g/mol. The van der Waals surface area contributed by atoms with Crippen molar-refractivity contribution in [1.29, 1.82) is 0 Å². The Labute approximate surface area is 107 Å². The van der Waals surface area contributed by atoms with Gasteiger partial charge >= 0.3 is 0 Å². The molecule has 0 amide bonds. The van der Waals surface area contributed by atoms with Gasteiger partial charge in [0.1, 0.15) is 11.0 Å². The van der Waals surface area contributed by atoms with Gasteiger partial charge in [0.25, 0.3) is 0 Å². The number of rotatable bonds is 2. The van der Waals surface area contributed by atoms with Gasteiger partial charge in [0.15, 0.2) is 0 Å². The van der Waals surface area contributed by atoms with Crippen LogP contribution in [0.25, 0.3) is 10.6 Å². The van der Waals surface area contributed by atoms with Crippen LogP contribution in [0.15, 0.2) is 17.5 Å². The topological polar surface area (TPSA) is 25.8 Å². The summed E-state index contributed by atoms with van der Waals surface area (Å²) in [5.74, 6) is 1.35. The largest absolute Gasteiger partial charge is 0.232 e. The van der Waals surface area contributed by atoms with Crippen molar-refractivity contribution in [3.05, 3.63) is 33.5 Å². The molecule has 1 aliphatic rings. The first-order chi connectivity index (χ1) is 7.74. The molecule has 0 aromatic carbocycles. The molecule has 2 aromatic heterocycles. The fraction of sp³-hybridized carbons (Fsp3) is 0.273. The third-order valence-corrected chi connectivity index (χ3v) is 4.06. The lowest BCUT2D eigenvalue weighted by molar-refractivity contribution is 0.932. The molecule has 0 spiro atoms. The summed E-state index contributed by atoms with van der Waals surface area (Å²) >= 11 is 13.7. The minimum Gasteiger partial charge on any atom is -0.232 e. The van der Waals surface area contributed by atoms with Crippen molar-refractivity contribution >= 4 is 34.5 Å². The van der Waals surface area contributed by atoms with Crippen LogP contribution in [-0.2, 0) is 0 Å². The maximum atomic E-state index is 6.08. The lowest BCUT2D eigenvalue weighted by Gasteiger charge is -2.02. The Morgan fingerprint density at radius 3 is 2.69 bits per heavy atom. The van der Waals surface area contributed by atoms with Crippen LogP contribution >= 0.6 is 34.5 Å². The minimum absolute atomic E-state index is 0.496. The van der Waals surface area contributed by atoms with Crippen molar-refractivity contribution in [2.75, 3.05) is 0 Å². The van der Waals surface area contributed by atoms with Crippen molar-refractivity contribution < 1.29 is 0 Å². The molecule has 2 aromatic rings. The predicted octanol–water partition coefficient (Wildman–Crippen LogP) is 4.39. The van der Waals surface area contributed by atoms with Crippen LogP contribution in [0.4, 0.5) is 0 Å². The fourth-order valence-corrected chi connectivity index (χ4v) is 2.86. The second kappa shape index (κ2) is 3.99. The maximum Gasteiger partial charge on any atom is 0.133 e. The van der Waals surface area contributed by atoms with Crippen LogP contribution in [-0.4, -0.2) is 9.97 Å². The molecule has 0 atom stereocenters. The van der Waals surface area contributed by atoms with Gasteiger partial charge in [-0.25, -0.2) is 9.97 Å². The summed E-state index contributed by atoms with van der Waals surface area (Å²) < 4.78 is 0. The highest BCUT2D eigenvalue weighted by atomic mass is 35.5. The van der Waals surface area contributed by atoms with Crippen molar-refractivity contribution in [2.24, 2.45) is 0 Å². The van der Waals surface area contributed by atoms with Gasteiger partial charge in [0.05, 0.1) is 15.6 Å². The summed E-state index contributed by atoms with van der Waals surface area (Å²) in [7, 11) is 0. The van der Waals surface area contributed by atoms with Gasteiger partial charge < -0.3 is 0 Å². The molecule has 1 saturated carbocycles. The third kappa shape index (κ3) is 1.95. The molecule has 0 bridgehead atoms. The molecule has 16 heavy (non-hydrogen) atoms. The molecule has 5 heteroatoms. The average molecular weight is 271 g/mol. The summed E-state index contributed by atoms with van der Waals surface area (Å²) in [6.07, 6.45) is 2.33. The summed E-state index contributed by atoms with van der Waals surface area (Å²) in [5.41, 5.74) is 0.835. The van der Waals surface area contributed by atoms with E-state index in [9.17, 15) is 0 Å². The van der Waals surface area contributed by atoms with Gasteiger partial charge in [-0.05, 0) is 24.3 Å². The highest BCUT2D eigenvalue weighted by Crippen LogP contribution is 2.40. The second-order valence-electron chi connectivity index (χ2n) is 3.81. The molecule has 0 unspecified atom stereocenters. The number of nitrogens with zero attached hydrogens (tertiary/aromatic N) is 2. The molecule has 0 radical (unpaired) electrons. The van der Waals surface area contributed by atoms with E-state index in [4.69, 9.17) is 23.2 Å². The highest BCUT2D eigenvalue weighted by Gasteiger charge is 2.27. The van der Waals surface area contributed by atoms with Gasteiger partial charge in [0.2, 0.25) is 0 Å². The average Bonchev–Trinajstić information content (AvgIpc) is 3.01. The molecule has 0 saturated heterocycles. The number of hydrogen-bond donors (Lipinski definition) is 0. The van der Waals surface area contributed by atoms with Crippen LogP contribution in [0, 0.1) is 0 Å². The van der Waals surface area contributed by atoms with E-state index >= 15 is 0 Å². The zero-order chi connectivity index (χ0) is 11.1. The van der Waals surface area contributed by atoms with Crippen LogP contribution < -0.4 is 0 Å². The zero-order valence-corrected chi connectivity index (χ0v) is 10.6. The first kappa shape index (κ1) is 10.5. The molecule has 2 heterocycles. The SMILES string of the molecule is Clc1cc(-c2sccc2Cl)nc(C2CC2)n1. The van der Waals surface area contributed by atoms with Gasteiger partial charge in [-0.2, -0.15) is 0 Å². The Kier molecular flexibility index (Phi) is 2.62. The van der Waals surface area contributed by atoms with Crippen LogP contribution in [0.1, 0.15) is 24.6 Å². The Balaban J connectivity index is 2.10. The van der Waals surface area contributed by atoms with Crippen molar-refractivity contribution in [3.8, 4) is 10.6 Å². The molecule has 3 rings (SSSR count). The van der Waals surface area contributed by atoms with E-state index in [0.29, 0.717) is 11.1 Å². The molecule has 2 nitrogen and oxygen atoms in total. The van der Waals surface area contributed by atoms with E-state index in [1.807, 2.05) is 11.4 Å². The summed E-state index contributed by atoms with van der Waals surface area (Å²) in [6, 6.07) is 3.64. The van der Waals surface area contributed by atoms with Gasteiger partial charge in [-0.15, -0.1) is 11.3 Å². The van der Waals surface area contributed by atoms with Crippen molar-refractivity contribution in [1.82, 2.24) is 9.97 Å². The third-order valence-electron chi connectivity index (χ3n) is 2.50. The Hall–Kier alpha value is -0.640. The smallest absolute Gasteiger partial charge is 0.133 e. The molecule has 0 aliphatic heterocycles. The molecule has 1 fully saturated rings. The van der Waals surface area contributed by atoms with Crippen molar-refractivity contribution in [3.63, 3.8) is 0 Å². The van der Waals surface area contributed by atoms with E-state index in [2.05, 4.69) is 9.97 Å². The molecule has 82 valence electrons. The first-order valence-corrected chi connectivity index (χ1v) is 6.65. The lowest BCUT2D eigenvalue weighted by Crippen LogP contribution is -1.94. The van der Waals surface area contributed by atoms with Gasteiger partial charge in [0, 0.05) is 12.0 Å². The number of aromatic nitrogens is 2. The fourth-order valence-electron chi connectivity index (χ4n) is 1.55. The predicted molar refractivity (Wildman–Crippen MR) is 67.3 cm³/mol. The molecular formula is C11H8Cl2N2S. The lowest BCUT2D eigenvalue weighted by atomic mass is 10.3. The maximum absolute atomic E-state index is 6.08. The first-order valence-electron chi connectivity index (χ1n) is 5.02. The second-order valence-corrected chi connectivity index (χ2v) is 5.52. The van der Waals surface area contributed by atoms with Crippen LogP contribution in [0.3, 0.4) is 0 Å². The Morgan fingerprint density at radius 1 is 1.25 bits per heavy atom. The van der Waals surface area contributed by atoms with E-state index < -0.39 is 0 Å². The molecule has 1 aliphatic carbocycles. The van der Waals surface area contributed by atoms with E-state index in [0.717, 1.165) is 34.3 Å². The normalized spacial score (nSPS) is 15.4. The molecule has 0 N–H and O–H groups in total. The minimum atomic E-state index is 0.496. The standard InChI is InChI=1S/C11H8Cl2N2S/c12-7-3-4-16-10(7)8-5-9(13)15-11(14-8)6-1-2-6/h3-6H,1-2H2.